The van der Waals surface area contributed by atoms with Gasteiger partial charge in [-0.25, -0.2) is 0 Å². The normalized spacial score (nSPS) is 29.9. The summed E-state index contributed by atoms with van der Waals surface area (Å²) in [4.78, 5) is 12.5. The number of rotatable bonds is 7. The van der Waals surface area contributed by atoms with Crippen LogP contribution in [-0.4, -0.2) is 5.78 Å². The molecule has 3 saturated carbocycles. The molecule has 0 spiro atoms. The molecule has 0 radical (unpaired) electrons. The smallest absolute Gasteiger partial charge is 0.136 e. The van der Waals surface area contributed by atoms with E-state index in [9.17, 15) is 4.79 Å². The minimum absolute atomic E-state index is 0.431. The monoisotopic (exact) mass is 422 g/mol. The maximum atomic E-state index is 12.5. The fraction of sp³-hybridized carbons (Fsp3) is 0.767. The molecule has 3 aliphatic rings. The molecule has 4 rings (SSSR count). The molecule has 0 aliphatic heterocycles. The third-order valence-corrected chi connectivity index (χ3v) is 9.41. The third-order valence-electron chi connectivity index (χ3n) is 9.41. The van der Waals surface area contributed by atoms with Crippen LogP contribution in [-0.2, 0) is 11.2 Å². The second-order valence-electron chi connectivity index (χ2n) is 11.7. The highest BCUT2D eigenvalue weighted by atomic mass is 16.1. The van der Waals surface area contributed by atoms with E-state index >= 15 is 0 Å². The van der Waals surface area contributed by atoms with Crippen molar-refractivity contribution in [1.82, 2.24) is 0 Å². The molecule has 3 aliphatic carbocycles. The van der Waals surface area contributed by atoms with Crippen LogP contribution in [0.15, 0.2) is 12.1 Å². The Morgan fingerprint density at radius 1 is 0.710 bits per heavy atom. The van der Waals surface area contributed by atoms with Gasteiger partial charge in [0.1, 0.15) is 5.78 Å². The largest absolute Gasteiger partial charge is 0.299 e. The van der Waals surface area contributed by atoms with Crippen molar-refractivity contribution in [3.8, 4) is 0 Å². The van der Waals surface area contributed by atoms with Crippen LogP contribution in [0.25, 0.3) is 0 Å². The summed E-state index contributed by atoms with van der Waals surface area (Å²) in [6, 6.07) is 4.87. The second kappa shape index (κ2) is 10.7. The summed E-state index contributed by atoms with van der Waals surface area (Å²) >= 11 is 0. The zero-order valence-corrected chi connectivity index (χ0v) is 20.6. The molecule has 1 aromatic rings. The first-order chi connectivity index (χ1) is 15.0. The van der Waals surface area contributed by atoms with Gasteiger partial charge in [0.2, 0.25) is 0 Å². The molecule has 0 unspecified atom stereocenters. The van der Waals surface area contributed by atoms with E-state index in [2.05, 4.69) is 32.9 Å². The predicted octanol–water partition coefficient (Wildman–Crippen LogP) is 8.31. The number of carbonyl (C=O) groups is 1. The molecule has 0 N–H and O–H groups in total. The van der Waals surface area contributed by atoms with Gasteiger partial charge in [0.05, 0.1) is 0 Å². The first-order valence-corrected chi connectivity index (χ1v) is 13.6. The van der Waals surface area contributed by atoms with Gasteiger partial charge in [-0.05, 0) is 118 Å². The van der Waals surface area contributed by atoms with Gasteiger partial charge < -0.3 is 0 Å². The van der Waals surface area contributed by atoms with Crippen LogP contribution in [0, 0.1) is 50.4 Å². The van der Waals surface area contributed by atoms with Gasteiger partial charge in [0.15, 0.2) is 0 Å². The molecule has 0 atom stereocenters. The van der Waals surface area contributed by atoms with Crippen LogP contribution in [0.2, 0.25) is 0 Å². The fourth-order valence-electron chi connectivity index (χ4n) is 7.09. The number of benzene rings is 1. The minimum Gasteiger partial charge on any atom is -0.299 e. The lowest BCUT2D eigenvalue weighted by Crippen LogP contribution is -2.23. The van der Waals surface area contributed by atoms with Crippen molar-refractivity contribution in [2.45, 2.75) is 117 Å². The van der Waals surface area contributed by atoms with E-state index in [0.29, 0.717) is 17.6 Å². The van der Waals surface area contributed by atoms with Crippen molar-refractivity contribution < 1.29 is 4.79 Å². The Bertz CT molecular complexity index is 702. The summed E-state index contributed by atoms with van der Waals surface area (Å²) in [5, 5.41) is 0. The Balaban J connectivity index is 1.15. The highest BCUT2D eigenvalue weighted by Crippen LogP contribution is 2.40. The van der Waals surface area contributed by atoms with Crippen molar-refractivity contribution in [3.63, 3.8) is 0 Å². The van der Waals surface area contributed by atoms with Crippen LogP contribution in [0.3, 0.4) is 0 Å². The third kappa shape index (κ3) is 6.23. The van der Waals surface area contributed by atoms with Crippen LogP contribution in [0.1, 0.15) is 112 Å². The molecule has 1 aromatic carbocycles. The maximum absolute atomic E-state index is 12.5. The Labute approximate surface area is 191 Å². The summed E-state index contributed by atoms with van der Waals surface area (Å²) in [7, 11) is 0. The molecular weight excluding hydrogens is 376 g/mol. The summed E-state index contributed by atoms with van der Waals surface area (Å²) in [6.45, 7) is 6.78. The number of hydrogen-bond acceptors (Lipinski definition) is 1. The van der Waals surface area contributed by atoms with Gasteiger partial charge in [-0.1, -0.05) is 50.7 Å². The van der Waals surface area contributed by atoms with Crippen LogP contribution in [0.4, 0.5) is 0 Å². The zero-order valence-electron chi connectivity index (χ0n) is 20.6. The van der Waals surface area contributed by atoms with E-state index in [0.717, 1.165) is 24.2 Å². The quantitative estimate of drug-likeness (QED) is 0.432. The van der Waals surface area contributed by atoms with E-state index in [4.69, 9.17) is 0 Å². The molecule has 0 bridgehead atoms. The topological polar surface area (TPSA) is 17.1 Å². The molecule has 1 heteroatoms. The van der Waals surface area contributed by atoms with Crippen molar-refractivity contribution in [2.24, 2.45) is 29.6 Å². The van der Waals surface area contributed by atoms with Crippen LogP contribution < -0.4 is 0 Å². The lowest BCUT2D eigenvalue weighted by molar-refractivity contribution is -0.123. The number of ketones is 1. The molecular formula is C30H46O. The van der Waals surface area contributed by atoms with E-state index in [1.54, 1.807) is 5.56 Å². The summed E-state index contributed by atoms with van der Waals surface area (Å²) in [5.74, 6) is 4.57. The SMILES string of the molecule is Cc1cc(CC2CCC(CC3CCC(CC(=O)C4CCCC4)CC3)CC2)cc(C)c1C. The average molecular weight is 423 g/mol. The Morgan fingerprint density at radius 3 is 1.74 bits per heavy atom. The molecule has 0 heterocycles. The number of carbonyl (C=O) groups excluding carboxylic acids is 1. The van der Waals surface area contributed by atoms with Crippen molar-refractivity contribution in [3.05, 3.63) is 34.4 Å². The van der Waals surface area contributed by atoms with Gasteiger partial charge in [-0.2, -0.15) is 0 Å². The highest BCUT2D eigenvalue weighted by molar-refractivity contribution is 5.81. The first-order valence-electron chi connectivity index (χ1n) is 13.6. The predicted molar refractivity (Wildman–Crippen MR) is 131 cm³/mol. The number of aryl methyl sites for hydroxylation is 2. The summed E-state index contributed by atoms with van der Waals surface area (Å²) in [6.07, 6.45) is 19.8. The second-order valence-corrected chi connectivity index (χ2v) is 11.7. The minimum atomic E-state index is 0.431. The average Bonchev–Trinajstić information content (AvgIpc) is 3.30. The Kier molecular flexibility index (Phi) is 7.94. The Hall–Kier alpha value is -1.11. The van der Waals surface area contributed by atoms with E-state index in [1.807, 2.05) is 0 Å². The van der Waals surface area contributed by atoms with Gasteiger partial charge >= 0.3 is 0 Å². The molecule has 0 saturated heterocycles. The fourth-order valence-corrected chi connectivity index (χ4v) is 7.09. The van der Waals surface area contributed by atoms with E-state index < -0.39 is 0 Å². The summed E-state index contributed by atoms with van der Waals surface area (Å²) in [5.41, 5.74) is 5.95. The molecule has 0 aromatic heterocycles. The molecule has 1 nitrogen and oxygen atoms in total. The first kappa shape index (κ1) is 23.1. The van der Waals surface area contributed by atoms with E-state index in [-0.39, 0.29) is 0 Å². The zero-order chi connectivity index (χ0) is 21.8. The van der Waals surface area contributed by atoms with Gasteiger partial charge in [0, 0.05) is 12.3 Å². The lowest BCUT2D eigenvalue weighted by Gasteiger charge is -2.34. The van der Waals surface area contributed by atoms with Crippen molar-refractivity contribution in [1.29, 1.82) is 0 Å². The van der Waals surface area contributed by atoms with Gasteiger partial charge in [0.25, 0.3) is 0 Å². The molecule has 0 amide bonds. The number of Topliss-reactive ketones (excluding diaryl/α,β-unsaturated/α-hetero) is 1. The van der Waals surface area contributed by atoms with Gasteiger partial charge in [-0.3, -0.25) is 4.79 Å². The Morgan fingerprint density at radius 2 is 1.19 bits per heavy atom. The van der Waals surface area contributed by atoms with Gasteiger partial charge in [-0.15, -0.1) is 0 Å². The number of hydrogen-bond donors (Lipinski definition) is 0. The van der Waals surface area contributed by atoms with Crippen molar-refractivity contribution in [2.75, 3.05) is 0 Å². The lowest BCUT2D eigenvalue weighted by atomic mass is 9.71. The van der Waals surface area contributed by atoms with Crippen molar-refractivity contribution >= 4 is 5.78 Å². The standard InChI is InChI=1S/C30H46O/c1-21-16-28(17-22(2)23(21)3)19-26-10-8-24(9-11-26)18-25-12-14-27(15-13-25)20-30(31)29-6-4-5-7-29/h16-17,24-27,29H,4-15,18-20H2,1-3H3. The maximum Gasteiger partial charge on any atom is 0.136 e. The summed E-state index contributed by atoms with van der Waals surface area (Å²) < 4.78 is 0. The van der Waals surface area contributed by atoms with Crippen LogP contribution in [0.5, 0.6) is 0 Å². The molecule has 172 valence electrons. The highest BCUT2D eigenvalue weighted by Gasteiger charge is 2.30. The van der Waals surface area contributed by atoms with Crippen LogP contribution >= 0.6 is 0 Å². The van der Waals surface area contributed by atoms with E-state index in [1.165, 1.54) is 107 Å². The molecule has 3 fully saturated rings. The molecule has 31 heavy (non-hydrogen) atoms.